The van der Waals surface area contributed by atoms with Crippen LogP contribution in [0.3, 0.4) is 0 Å². The molecule has 0 bridgehead atoms. The van der Waals surface area contributed by atoms with Crippen LogP contribution in [-0.2, 0) is 19.1 Å². The normalized spacial score (nSPS) is 10.4. The number of nitrogens with one attached hydrogen (secondary N) is 5. The summed E-state index contributed by atoms with van der Waals surface area (Å²) in [5, 5.41) is 24.0. The van der Waals surface area contributed by atoms with E-state index >= 15 is 0 Å². The zero-order valence-corrected chi connectivity index (χ0v) is 28.2. The molecule has 0 unspecified atom stereocenters. The summed E-state index contributed by atoms with van der Waals surface area (Å²) in [6, 6.07) is 23.0. The molecule has 4 rings (SSSR count). The fourth-order valence-electron chi connectivity index (χ4n) is 4.83. The maximum atomic E-state index is 14.0. The first-order valence-electron chi connectivity index (χ1n) is 15.9. The van der Waals surface area contributed by atoms with Crippen LogP contribution in [0.15, 0.2) is 91.1 Å². The van der Waals surface area contributed by atoms with Crippen LogP contribution in [0.2, 0.25) is 0 Å². The highest BCUT2D eigenvalue weighted by molar-refractivity contribution is 6.09. The van der Waals surface area contributed by atoms with Crippen LogP contribution in [0.25, 0.3) is 0 Å². The van der Waals surface area contributed by atoms with E-state index in [0.29, 0.717) is 34.0 Å². The summed E-state index contributed by atoms with van der Waals surface area (Å²) in [7, 11) is 1.55. The minimum atomic E-state index is -0.492. The van der Waals surface area contributed by atoms with E-state index < -0.39 is 17.8 Å². The summed E-state index contributed by atoms with van der Waals surface area (Å²) in [6.07, 6.45) is 1.46. The number of aromatic nitrogens is 1. The second-order valence-electron chi connectivity index (χ2n) is 11.1. The van der Waals surface area contributed by atoms with Gasteiger partial charge in [-0.2, -0.15) is 0 Å². The number of likely N-dealkylation sites (N-methyl/N-ethyl adjacent to an activating group) is 1. The number of nitrogen functional groups attached to an aromatic ring is 2. The third kappa shape index (κ3) is 10.4. The first-order chi connectivity index (χ1) is 24.5. The van der Waals surface area contributed by atoms with E-state index in [0.717, 1.165) is 0 Å². The van der Waals surface area contributed by atoms with Gasteiger partial charge in [-0.25, -0.2) is 4.98 Å². The lowest BCUT2D eigenvalue weighted by Crippen LogP contribution is -2.35. The van der Waals surface area contributed by atoms with Gasteiger partial charge >= 0.3 is 5.97 Å². The van der Waals surface area contributed by atoms with E-state index in [2.05, 4.69) is 20.9 Å². The van der Waals surface area contributed by atoms with Crippen molar-refractivity contribution in [3.63, 3.8) is 0 Å². The molecule has 0 saturated carbocycles. The molecular formula is C36H40N10O5. The van der Waals surface area contributed by atoms with Crippen molar-refractivity contribution < 1.29 is 23.9 Å². The molecule has 51 heavy (non-hydrogen) atoms. The molecule has 264 valence electrons. The summed E-state index contributed by atoms with van der Waals surface area (Å²) >= 11 is 0. The van der Waals surface area contributed by atoms with E-state index in [-0.39, 0.29) is 61.5 Å². The maximum Gasteiger partial charge on any atom is 0.307 e. The zero-order valence-electron chi connectivity index (χ0n) is 28.2. The SMILES string of the molecule is CCOC(=O)CCN(C(=O)c1ccc(N(C)C(=O)CNc2ccc(C(=N)N)cc2)c(NC(=O)CNc2ccc(C(=N)N)cc2)c1)c1ccccn1. The van der Waals surface area contributed by atoms with Crippen LogP contribution in [0.4, 0.5) is 28.6 Å². The number of hydrogen-bond acceptors (Lipinski definition) is 10. The third-order valence-electron chi connectivity index (χ3n) is 7.56. The highest BCUT2D eigenvalue weighted by Crippen LogP contribution is 2.28. The molecule has 3 aromatic carbocycles. The average Bonchev–Trinajstić information content (AvgIpc) is 3.13. The number of pyridine rings is 1. The molecule has 15 nitrogen and oxygen atoms in total. The van der Waals surface area contributed by atoms with Crippen molar-refractivity contribution in [1.29, 1.82) is 10.8 Å². The number of carbonyl (C=O) groups excluding carboxylic acids is 4. The number of esters is 1. The van der Waals surface area contributed by atoms with Gasteiger partial charge in [-0.15, -0.1) is 0 Å². The Balaban J connectivity index is 1.59. The molecule has 0 aliphatic heterocycles. The summed E-state index contributed by atoms with van der Waals surface area (Å²) in [5.41, 5.74) is 14.1. The number of benzene rings is 3. The minimum absolute atomic E-state index is 0.0120. The van der Waals surface area contributed by atoms with Gasteiger partial charge in [0.1, 0.15) is 17.5 Å². The molecule has 0 fully saturated rings. The number of amidine groups is 2. The monoisotopic (exact) mass is 692 g/mol. The molecule has 9 N–H and O–H groups in total. The molecule has 1 aromatic heterocycles. The third-order valence-corrected chi connectivity index (χ3v) is 7.56. The average molecular weight is 693 g/mol. The zero-order chi connectivity index (χ0) is 36.9. The molecule has 15 heteroatoms. The van der Waals surface area contributed by atoms with Gasteiger partial charge in [0, 0.05) is 47.9 Å². The van der Waals surface area contributed by atoms with E-state index in [9.17, 15) is 19.2 Å². The van der Waals surface area contributed by atoms with Crippen molar-refractivity contribution in [2.24, 2.45) is 11.5 Å². The lowest BCUT2D eigenvalue weighted by molar-refractivity contribution is -0.142. The minimum Gasteiger partial charge on any atom is -0.466 e. The van der Waals surface area contributed by atoms with E-state index in [1.54, 1.807) is 86.8 Å². The highest BCUT2D eigenvalue weighted by atomic mass is 16.5. The van der Waals surface area contributed by atoms with E-state index in [1.165, 1.54) is 28.1 Å². The Kier molecular flexibility index (Phi) is 12.8. The van der Waals surface area contributed by atoms with Gasteiger partial charge in [-0.1, -0.05) is 6.07 Å². The van der Waals surface area contributed by atoms with Crippen molar-refractivity contribution in [3.05, 3.63) is 108 Å². The Labute approximate surface area is 295 Å². The smallest absolute Gasteiger partial charge is 0.307 e. The van der Waals surface area contributed by atoms with Gasteiger partial charge in [0.05, 0.1) is 37.5 Å². The molecular weight excluding hydrogens is 652 g/mol. The summed E-state index contributed by atoms with van der Waals surface area (Å²) in [5.74, 6) is -1.62. The molecule has 0 saturated heterocycles. The lowest BCUT2D eigenvalue weighted by Gasteiger charge is -2.24. The molecule has 0 aliphatic rings. The number of hydrogen-bond donors (Lipinski definition) is 7. The second kappa shape index (κ2) is 17.6. The predicted octanol–water partition coefficient (Wildman–Crippen LogP) is 3.38. The van der Waals surface area contributed by atoms with Gasteiger partial charge in [-0.05, 0) is 85.8 Å². The quantitative estimate of drug-likeness (QED) is 0.0514. The Morgan fingerprint density at radius 2 is 1.39 bits per heavy atom. The Morgan fingerprint density at radius 1 is 0.804 bits per heavy atom. The molecule has 0 aliphatic carbocycles. The standard InChI is InChI=1S/C36H40N10O5/c1-3-51-33(49)17-19-46(30-6-4-5-18-41-30)36(50)25-11-16-29(45(2)32(48)22-43-27-14-9-24(10-15-27)35(39)40)28(20-25)44-31(47)21-42-26-12-7-23(8-13-26)34(37)38/h4-16,18,20,42-43H,3,17,19,21-22H2,1-2H3,(H3,37,38)(H3,39,40)(H,44,47). The molecule has 3 amide bonds. The van der Waals surface area contributed by atoms with Crippen LogP contribution in [0.1, 0.15) is 34.8 Å². The fraction of sp³-hybridized carbons (Fsp3) is 0.194. The van der Waals surface area contributed by atoms with Gasteiger partial charge < -0.3 is 37.1 Å². The summed E-state index contributed by atoms with van der Waals surface area (Å²) in [4.78, 5) is 59.7. The van der Waals surface area contributed by atoms with E-state index in [1.807, 2.05) is 0 Å². The number of ether oxygens (including phenoxy) is 1. The molecule has 0 radical (unpaired) electrons. The highest BCUT2D eigenvalue weighted by Gasteiger charge is 2.23. The van der Waals surface area contributed by atoms with E-state index in [4.69, 9.17) is 27.0 Å². The van der Waals surface area contributed by atoms with Crippen LogP contribution >= 0.6 is 0 Å². The Morgan fingerprint density at radius 3 is 1.94 bits per heavy atom. The number of rotatable bonds is 16. The predicted molar refractivity (Wildman–Crippen MR) is 198 cm³/mol. The topological polar surface area (TPSA) is 233 Å². The van der Waals surface area contributed by atoms with Gasteiger partial charge in [0.25, 0.3) is 5.91 Å². The van der Waals surface area contributed by atoms with Crippen LogP contribution in [-0.4, -0.2) is 73.6 Å². The van der Waals surface area contributed by atoms with Gasteiger partial charge in [0.15, 0.2) is 0 Å². The first kappa shape index (κ1) is 37.1. The summed E-state index contributed by atoms with van der Waals surface area (Å²) < 4.78 is 5.05. The Hall–Kier alpha value is -6.77. The van der Waals surface area contributed by atoms with Crippen molar-refractivity contribution in [1.82, 2.24) is 4.98 Å². The fourth-order valence-corrected chi connectivity index (χ4v) is 4.83. The lowest BCUT2D eigenvalue weighted by atomic mass is 10.1. The maximum absolute atomic E-state index is 14.0. The van der Waals surface area contributed by atoms with Crippen LogP contribution in [0.5, 0.6) is 0 Å². The van der Waals surface area contributed by atoms with Gasteiger partial charge in [0.2, 0.25) is 11.8 Å². The molecule has 4 aromatic rings. The number of amides is 3. The van der Waals surface area contributed by atoms with Gasteiger partial charge in [-0.3, -0.25) is 34.9 Å². The largest absolute Gasteiger partial charge is 0.466 e. The molecule has 0 atom stereocenters. The van der Waals surface area contributed by atoms with Crippen molar-refractivity contribution in [3.8, 4) is 0 Å². The number of carbonyl (C=O) groups is 4. The van der Waals surface area contributed by atoms with Crippen molar-refractivity contribution in [2.75, 3.05) is 59.0 Å². The second-order valence-corrected chi connectivity index (χ2v) is 11.1. The van der Waals surface area contributed by atoms with Crippen LogP contribution in [0, 0.1) is 10.8 Å². The summed E-state index contributed by atoms with van der Waals surface area (Å²) in [6.45, 7) is 1.62. The number of anilines is 5. The molecule has 0 spiro atoms. The van der Waals surface area contributed by atoms with Crippen LogP contribution < -0.4 is 37.2 Å². The van der Waals surface area contributed by atoms with Crippen molar-refractivity contribution in [2.45, 2.75) is 13.3 Å². The molecule has 1 heterocycles. The number of nitrogens with two attached hydrogens (primary N) is 2. The number of nitrogens with zero attached hydrogens (tertiary/aromatic N) is 3. The Bertz CT molecular complexity index is 1880. The first-order valence-corrected chi connectivity index (χ1v) is 15.9. The van der Waals surface area contributed by atoms with Crippen molar-refractivity contribution >= 4 is 63.9 Å².